The number of hydrogen-bond donors (Lipinski definition) is 1. The molecule has 3 rings (SSSR count). The van der Waals surface area contributed by atoms with Gasteiger partial charge in [-0.15, -0.1) is 0 Å². The Bertz CT molecular complexity index is 766. The maximum atomic E-state index is 12.3. The Kier molecular flexibility index (Phi) is 7.17. The fourth-order valence-electron chi connectivity index (χ4n) is 3.55. The fourth-order valence-corrected chi connectivity index (χ4v) is 3.55. The SMILES string of the molecule is Cc1ccccc1-c1noc(CN2CCC(C(=O)NCCCN(C)C)CC2)n1. The van der Waals surface area contributed by atoms with Crippen molar-refractivity contribution in [2.75, 3.05) is 40.3 Å². The van der Waals surface area contributed by atoms with Gasteiger partial charge in [-0.3, -0.25) is 9.69 Å². The van der Waals surface area contributed by atoms with Crippen LogP contribution in [0.3, 0.4) is 0 Å². The molecule has 152 valence electrons. The lowest BCUT2D eigenvalue weighted by molar-refractivity contribution is -0.126. The summed E-state index contributed by atoms with van der Waals surface area (Å²) in [6.45, 7) is 6.17. The van der Waals surface area contributed by atoms with Gasteiger partial charge in [0.05, 0.1) is 6.54 Å². The molecule has 28 heavy (non-hydrogen) atoms. The highest BCUT2D eigenvalue weighted by Gasteiger charge is 2.25. The zero-order valence-electron chi connectivity index (χ0n) is 17.1. The Morgan fingerprint density at radius 2 is 2.04 bits per heavy atom. The summed E-state index contributed by atoms with van der Waals surface area (Å²) in [5.74, 6) is 1.57. The van der Waals surface area contributed by atoms with E-state index in [1.165, 1.54) is 0 Å². The van der Waals surface area contributed by atoms with E-state index in [0.717, 1.165) is 56.6 Å². The number of nitrogens with one attached hydrogen (secondary N) is 1. The van der Waals surface area contributed by atoms with Crippen molar-refractivity contribution in [3.8, 4) is 11.4 Å². The first-order valence-electron chi connectivity index (χ1n) is 10.1. The van der Waals surface area contributed by atoms with E-state index in [1.807, 2.05) is 45.3 Å². The van der Waals surface area contributed by atoms with Crippen molar-refractivity contribution >= 4 is 5.91 Å². The van der Waals surface area contributed by atoms with Crippen molar-refractivity contribution in [3.63, 3.8) is 0 Å². The maximum absolute atomic E-state index is 12.3. The highest BCUT2D eigenvalue weighted by Crippen LogP contribution is 2.22. The van der Waals surface area contributed by atoms with Crippen LogP contribution in [0.4, 0.5) is 0 Å². The molecule has 1 aliphatic rings. The van der Waals surface area contributed by atoms with E-state index in [2.05, 4.69) is 25.3 Å². The minimum Gasteiger partial charge on any atom is -0.356 e. The number of rotatable bonds is 8. The summed E-state index contributed by atoms with van der Waals surface area (Å²) in [7, 11) is 4.09. The zero-order valence-corrected chi connectivity index (χ0v) is 17.1. The highest BCUT2D eigenvalue weighted by molar-refractivity contribution is 5.78. The number of nitrogens with zero attached hydrogens (tertiary/aromatic N) is 4. The lowest BCUT2D eigenvalue weighted by Crippen LogP contribution is -2.40. The van der Waals surface area contributed by atoms with Gasteiger partial charge in [-0.05, 0) is 65.5 Å². The van der Waals surface area contributed by atoms with Gasteiger partial charge < -0.3 is 14.7 Å². The van der Waals surface area contributed by atoms with E-state index in [-0.39, 0.29) is 11.8 Å². The van der Waals surface area contributed by atoms with E-state index < -0.39 is 0 Å². The van der Waals surface area contributed by atoms with E-state index in [9.17, 15) is 4.79 Å². The molecule has 1 amide bonds. The molecule has 1 aromatic carbocycles. The Morgan fingerprint density at radius 1 is 1.29 bits per heavy atom. The van der Waals surface area contributed by atoms with Crippen molar-refractivity contribution in [2.45, 2.75) is 32.7 Å². The number of aromatic nitrogens is 2. The molecule has 1 aliphatic heterocycles. The molecule has 0 radical (unpaired) electrons. The maximum Gasteiger partial charge on any atom is 0.241 e. The van der Waals surface area contributed by atoms with Crippen LogP contribution in [0.5, 0.6) is 0 Å². The van der Waals surface area contributed by atoms with E-state index in [0.29, 0.717) is 18.3 Å². The second-order valence-corrected chi connectivity index (χ2v) is 7.82. The number of piperidine rings is 1. The predicted molar refractivity (Wildman–Crippen MR) is 109 cm³/mol. The van der Waals surface area contributed by atoms with Crippen LogP contribution >= 0.6 is 0 Å². The number of benzene rings is 1. The molecule has 1 saturated heterocycles. The number of likely N-dealkylation sites (tertiary alicyclic amines) is 1. The molecule has 0 aliphatic carbocycles. The number of hydrogen-bond acceptors (Lipinski definition) is 6. The minimum absolute atomic E-state index is 0.112. The Balaban J connectivity index is 1.43. The molecule has 0 saturated carbocycles. The Labute approximate surface area is 167 Å². The molecule has 0 unspecified atom stereocenters. The molecular formula is C21H31N5O2. The van der Waals surface area contributed by atoms with Gasteiger partial charge in [-0.25, -0.2) is 0 Å². The number of carbonyl (C=O) groups excluding carboxylic acids is 1. The number of amides is 1. The highest BCUT2D eigenvalue weighted by atomic mass is 16.5. The average Bonchev–Trinajstić information content (AvgIpc) is 3.14. The molecule has 0 spiro atoms. The second-order valence-electron chi connectivity index (χ2n) is 7.82. The number of aryl methyl sites for hydroxylation is 1. The molecule has 1 N–H and O–H groups in total. The van der Waals surface area contributed by atoms with Crippen molar-refractivity contribution in [3.05, 3.63) is 35.7 Å². The quantitative estimate of drug-likeness (QED) is 0.703. The fraction of sp³-hybridized carbons (Fsp3) is 0.571. The summed E-state index contributed by atoms with van der Waals surface area (Å²) in [6.07, 6.45) is 2.73. The standard InChI is InChI=1S/C21H31N5O2/c1-16-7-4-5-8-18(16)20-23-19(28-24-20)15-26-13-9-17(10-14-26)21(27)22-11-6-12-25(2)3/h4-5,7-8,17H,6,9-15H2,1-3H3,(H,22,27). The van der Waals surface area contributed by atoms with Gasteiger partial charge in [0.15, 0.2) is 0 Å². The van der Waals surface area contributed by atoms with Gasteiger partial charge in [-0.1, -0.05) is 29.4 Å². The van der Waals surface area contributed by atoms with Crippen LogP contribution in [0, 0.1) is 12.8 Å². The third-order valence-corrected chi connectivity index (χ3v) is 5.25. The lowest BCUT2D eigenvalue weighted by Gasteiger charge is -2.30. The first-order chi connectivity index (χ1) is 13.5. The predicted octanol–water partition coefficient (Wildman–Crippen LogP) is 2.32. The molecule has 2 aromatic rings. The third kappa shape index (κ3) is 5.62. The van der Waals surface area contributed by atoms with Crippen LogP contribution in [-0.2, 0) is 11.3 Å². The molecule has 0 bridgehead atoms. The van der Waals surface area contributed by atoms with Crippen LogP contribution in [-0.4, -0.2) is 66.1 Å². The summed E-state index contributed by atoms with van der Waals surface area (Å²) < 4.78 is 5.45. The summed E-state index contributed by atoms with van der Waals surface area (Å²) >= 11 is 0. The zero-order chi connectivity index (χ0) is 19.9. The summed E-state index contributed by atoms with van der Waals surface area (Å²) in [5.41, 5.74) is 2.13. The third-order valence-electron chi connectivity index (χ3n) is 5.25. The molecular weight excluding hydrogens is 354 g/mol. The first-order valence-corrected chi connectivity index (χ1v) is 10.1. The molecule has 1 fully saturated rings. The second kappa shape index (κ2) is 9.80. The minimum atomic E-state index is 0.112. The largest absolute Gasteiger partial charge is 0.356 e. The molecule has 0 atom stereocenters. The van der Waals surface area contributed by atoms with Crippen LogP contribution in [0.2, 0.25) is 0 Å². The van der Waals surface area contributed by atoms with Gasteiger partial charge in [0.25, 0.3) is 0 Å². The monoisotopic (exact) mass is 385 g/mol. The van der Waals surface area contributed by atoms with Crippen LogP contribution in [0.15, 0.2) is 28.8 Å². The van der Waals surface area contributed by atoms with Crippen LogP contribution in [0.1, 0.15) is 30.7 Å². The molecule has 7 nitrogen and oxygen atoms in total. The Hall–Kier alpha value is -2.25. The van der Waals surface area contributed by atoms with Crippen molar-refractivity contribution < 1.29 is 9.32 Å². The molecule has 1 aromatic heterocycles. The van der Waals surface area contributed by atoms with Crippen LogP contribution < -0.4 is 5.32 Å². The lowest BCUT2D eigenvalue weighted by atomic mass is 9.96. The van der Waals surface area contributed by atoms with Gasteiger partial charge in [0.1, 0.15) is 0 Å². The molecule has 7 heteroatoms. The van der Waals surface area contributed by atoms with E-state index in [1.54, 1.807) is 0 Å². The summed E-state index contributed by atoms with van der Waals surface area (Å²) in [4.78, 5) is 21.3. The first kappa shape index (κ1) is 20.5. The molecule has 2 heterocycles. The van der Waals surface area contributed by atoms with Gasteiger partial charge in [0.2, 0.25) is 17.6 Å². The van der Waals surface area contributed by atoms with Gasteiger partial charge in [0, 0.05) is 18.0 Å². The summed E-state index contributed by atoms with van der Waals surface area (Å²) in [5, 5.41) is 7.20. The number of carbonyl (C=O) groups is 1. The van der Waals surface area contributed by atoms with E-state index >= 15 is 0 Å². The van der Waals surface area contributed by atoms with E-state index in [4.69, 9.17) is 4.52 Å². The Morgan fingerprint density at radius 3 is 2.75 bits per heavy atom. The average molecular weight is 386 g/mol. The normalized spacial score (nSPS) is 15.9. The van der Waals surface area contributed by atoms with Crippen molar-refractivity contribution in [2.24, 2.45) is 5.92 Å². The van der Waals surface area contributed by atoms with Gasteiger partial charge >= 0.3 is 0 Å². The summed E-state index contributed by atoms with van der Waals surface area (Å²) in [6, 6.07) is 8.03. The smallest absolute Gasteiger partial charge is 0.241 e. The van der Waals surface area contributed by atoms with Gasteiger partial charge in [-0.2, -0.15) is 4.98 Å². The topological polar surface area (TPSA) is 74.5 Å². The van der Waals surface area contributed by atoms with Crippen molar-refractivity contribution in [1.29, 1.82) is 0 Å². The van der Waals surface area contributed by atoms with Crippen LogP contribution in [0.25, 0.3) is 11.4 Å². The van der Waals surface area contributed by atoms with Crippen molar-refractivity contribution in [1.82, 2.24) is 25.3 Å².